The summed E-state index contributed by atoms with van der Waals surface area (Å²) in [6.07, 6.45) is 1.78. The van der Waals surface area contributed by atoms with Gasteiger partial charge in [0.2, 0.25) is 0 Å². The zero-order valence-corrected chi connectivity index (χ0v) is 14.5. The summed E-state index contributed by atoms with van der Waals surface area (Å²) in [7, 11) is -3.02. The molecule has 0 spiro atoms. The van der Waals surface area contributed by atoms with Gasteiger partial charge in [-0.15, -0.1) is 6.58 Å². The van der Waals surface area contributed by atoms with Crippen LogP contribution in [-0.2, 0) is 9.84 Å². The van der Waals surface area contributed by atoms with Gasteiger partial charge in [0, 0.05) is 12.2 Å². The first-order chi connectivity index (χ1) is 10.3. The second-order valence-electron chi connectivity index (χ2n) is 6.15. The van der Waals surface area contributed by atoms with Crippen LogP contribution in [0.4, 0.5) is 5.69 Å². The average molecular weight is 336 g/mol. The van der Waals surface area contributed by atoms with Gasteiger partial charge in [-0.2, -0.15) is 0 Å². The predicted molar refractivity (Wildman–Crippen MR) is 94.1 cm³/mol. The van der Waals surface area contributed by atoms with Crippen molar-refractivity contribution in [3.63, 3.8) is 0 Å². The molecule has 4 nitrogen and oxygen atoms in total. The van der Waals surface area contributed by atoms with Crippen LogP contribution in [0.25, 0.3) is 0 Å². The van der Waals surface area contributed by atoms with Gasteiger partial charge < -0.3 is 9.80 Å². The van der Waals surface area contributed by atoms with E-state index >= 15 is 0 Å². The number of anilines is 1. The van der Waals surface area contributed by atoms with E-state index in [1.807, 2.05) is 23.6 Å². The molecule has 0 saturated carbocycles. The van der Waals surface area contributed by atoms with E-state index in [0.29, 0.717) is 11.7 Å². The highest BCUT2D eigenvalue weighted by Crippen LogP contribution is 2.35. The molecular weight excluding hydrogens is 316 g/mol. The van der Waals surface area contributed by atoms with Gasteiger partial charge in [0.15, 0.2) is 14.9 Å². The summed E-state index contributed by atoms with van der Waals surface area (Å²) in [5.74, 6) is 0.339. The molecule has 2 heterocycles. The number of fused-ring (bicyclic) bond motifs is 1. The van der Waals surface area contributed by atoms with Crippen LogP contribution < -0.4 is 4.90 Å². The molecule has 0 amide bonds. The lowest BCUT2D eigenvalue weighted by Crippen LogP contribution is -2.37. The molecule has 0 unspecified atom stereocenters. The van der Waals surface area contributed by atoms with Crippen LogP contribution >= 0.6 is 12.2 Å². The number of hydrogen-bond donors (Lipinski definition) is 0. The molecule has 2 aliphatic heterocycles. The van der Waals surface area contributed by atoms with Crippen molar-refractivity contribution in [3.8, 4) is 0 Å². The molecular formula is C16H20N2O2S2. The lowest BCUT2D eigenvalue weighted by atomic mass is 10.1. The maximum absolute atomic E-state index is 12.1. The van der Waals surface area contributed by atoms with Crippen LogP contribution in [0.5, 0.6) is 0 Å². The van der Waals surface area contributed by atoms with Crippen molar-refractivity contribution < 1.29 is 8.42 Å². The van der Waals surface area contributed by atoms with E-state index in [0.717, 1.165) is 16.8 Å². The average Bonchev–Trinajstić information content (AvgIpc) is 2.81. The van der Waals surface area contributed by atoms with Crippen molar-refractivity contribution in [2.45, 2.75) is 25.9 Å². The van der Waals surface area contributed by atoms with Crippen LogP contribution in [-0.4, -0.2) is 48.6 Å². The first-order valence-electron chi connectivity index (χ1n) is 7.32. The zero-order valence-electron chi connectivity index (χ0n) is 12.8. The third kappa shape index (κ3) is 2.54. The Kier molecular flexibility index (Phi) is 3.77. The number of nitrogens with zero attached hydrogens (tertiary/aromatic N) is 2. The van der Waals surface area contributed by atoms with Crippen molar-refractivity contribution in [3.05, 3.63) is 42.0 Å². The van der Waals surface area contributed by atoms with E-state index in [1.54, 1.807) is 6.08 Å². The number of rotatable bonds is 3. The maximum Gasteiger partial charge on any atom is 0.177 e. The first-order valence-corrected chi connectivity index (χ1v) is 9.55. The molecule has 0 bridgehead atoms. The Morgan fingerprint density at radius 2 is 1.82 bits per heavy atom. The molecule has 2 fully saturated rings. The minimum atomic E-state index is -3.02. The molecule has 6 heteroatoms. The van der Waals surface area contributed by atoms with Gasteiger partial charge in [0.25, 0.3) is 0 Å². The Hall–Kier alpha value is -1.40. The van der Waals surface area contributed by atoms with E-state index in [-0.39, 0.29) is 23.6 Å². The minimum absolute atomic E-state index is 0.0729. The molecule has 2 atom stereocenters. The number of benzene rings is 1. The highest BCUT2D eigenvalue weighted by atomic mass is 32.2. The van der Waals surface area contributed by atoms with Gasteiger partial charge >= 0.3 is 0 Å². The predicted octanol–water partition coefficient (Wildman–Crippen LogP) is 2.06. The molecule has 0 aromatic heterocycles. The van der Waals surface area contributed by atoms with Gasteiger partial charge in [0.05, 0.1) is 23.6 Å². The normalized spacial score (nSPS) is 26.4. The fourth-order valence-electron chi connectivity index (χ4n) is 3.52. The summed E-state index contributed by atoms with van der Waals surface area (Å²) in [6, 6.07) is 6.07. The molecule has 0 radical (unpaired) electrons. The summed E-state index contributed by atoms with van der Waals surface area (Å²) in [5.41, 5.74) is 3.29. The standard InChI is InChI=1S/C16H20N2O2S2/c1-4-5-17-14-9-22(19,20)10-15(14)18(16(17)21)13-7-11(2)6-12(3)8-13/h4,6-8,14-15H,1,5,9-10H2,2-3H3/t14-,15-/m0/s1. The van der Waals surface area contributed by atoms with Gasteiger partial charge in [0.1, 0.15) is 0 Å². The topological polar surface area (TPSA) is 40.6 Å². The van der Waals surface area contributed by atoms with E-state index in [9.17, 15) is 8.42 Å². The number of aryl methyl sites for hydroxylation is 2. The molecule has 0 N–H and O–H groups in total. The maximum atomic E-state index is 12.1. The summed E-state index contributed by atoms with van der Waals surface area (Å²) in [4.78, 5) is 4.02. The lowest BCUT2D eigenvalue weighted by molar-refractivity contribution is 0.389. The minimum Gasteiger partial charge on any atom is -0.339 e. The molecule has 0 aliphatic carbocycles. The van der Waals surface area contributed by atoms with Gasteiger partial charge in [-0.1, -0.05) is 12.1 Å². The fourth-order valence-corrected chi connectivity index (χ4v) is 5.92. The Morgan fingerprint density at radius 3 is 2.41 bits per heavy atom. The third-order valence-corrected chi connectivity index (χ3v) is 6.42. The molecule has 118 valence electrons. The lowest BCUT2D eigenvalue weighted by Gasteiger charge is -2.25. The van der Waals surface area contributed by atoms with E-state index in [2.05, 4.69) is 24.8 Å². The van der Waals surface area contributed by atoms with E-state index < -0.39 is 9.84 Å². The first kappa shape index (κ1) is 15.5. The Balaban J connectivity index is 2.06. The van der Waals surface area contributed by atoms with Gasteiger partial charge in [-0.3, -0.25) is 0 Å². The largest absolute Gasteiger partial charge is 0.339 e. The fraction of sp³-hybridized carbons (Fsp3) is 0.438. The van der Waals surface area contributed by atoms with Crippen LogP contribution in [0.1, 0.15) is 11.1 Å². The number of hydrogen-bond acceptors (Lipinski definition) is 3. The third-order valence-electron chi connectivity index (χ3n) is 4.29. The zero-order chi connectivity index (χ0) is 16.1. The highest BCUT2D eigenvalue weighted by molar-refractivity contribution is 7.91. The SMILES string of the molecule is C=CCN1C(=S)N(c2cc(C)cc(C)c2)[C@H]2CS(=O)(=O)C[C@@H]21. The number of thiocarbonyl (C=S) groups is 1. The summed E-state index contributed by atoms with van der Waals surface area (Å²) in [5, 5.41) is 0.704. The quantitative estimate of drug-likeness (QED) is 0.624. The summed E-state index contributed by atoms with van der Waals surface area (Å²) < 4.78 is 24.2. The second kappa shape index (κ2) is 5.35. The van der Waals surface area contributed by atoms with Crippen LogP contribution in [0.3, 0.4) is 0 Å². The summed E-state index contributed by atoms with van der Waals surface area (Å²) in [6.45, 7) is 8.43. The molecule has 2 saturated heterocycles. The number of sulfone groups is 1. The van der Waals surface area contributed by atoms with E-state index in [4.69, 9.17) is 12.2 Å². The summed E-state index contributed by atoms with van der Waals surface area (Å²) >= 11 is 5.63. The smallest absolute Gasteiger partial charge is 0.177 e. The van der Waals surface area contributed by atoms with Crippen LogP contribution in [0, 0.1) is 13.8 Å². The van der Waals surface area contributed by atoms with Crippen molar-refractivity contribution in [2.24, 2.45) is 0 Å². The van der Waals surface area contributed by atoms with E-state index in [1.165, 1.54) is 0 Å². The van der Waals surface area contributed by atoms with Crippen molar-refractivity contribution in [1.82, 2.24) is 4.90 Å². The molecule has 2 aliphatic rings. The Labute approximate surface area is 137 Å². The van der Waals surface area contributed by atoms with Crippen molar-refractivity contribution in [2.75, 3.05) is 23.0 Å². The van der Waals surface area contributed by atoms with Crippen LogP contribution in [0.2, 0.25) is 0 Å². The van der Waals surface area contributed by atoms with Crippen LogP contribution in [0.15, 0.2) is 30.9 Å². The molecule has 22 heavy (non-hydrogen) atoms. The van der Waals surface area contributed by atoms with Gasteiger partial charge in [-0.05, 0) is 49.3 Å². The highest BCUT2D eigenvalue weighted by Gasteiger charge is 2.51. The van der Waals surface area contributed by atoms with Crippen molar-refractivity contribution >= 4 is 32.9 Å². The Morgan fingerprint density at radius 1 is 1.23 bits per heavy atom. The second-order valence-corrected chi connectivity index (χ2v) is 8.67. The molecule has 1 aromatic rings. The molecule has 3 rings (SSSR count). The van der Waals surface area contributed by atoms with Gasteiger partial charge in [-0.25, -0.2) is 8.42 Å². The Bertz CT molecular complexity index is 722. The monoisotopic (exact) mass is 336 g/mol. The van der Waals surface area contributed by atoms with Crippen molar-refractivity contribution in [1.29, 1.82) is 0 Å². The molecule has 1 aromatic carbocycles.